The smallest absolute Gasteiger partial charge is 0.227 e. The van der Waals surface area contributed by atoms with Gasteiger partial charge < -0.3 is 9.84 Å². The molecule has 0 radical (unpaired) electrons. The first kappa shape index (κ1) is 14.7. The van der Waals surface area contributed by atoms with E-state index in [9.17, 15) is 0 Å². The van der Waals surface area contributed by atoms with Crippen LogP contribution in [0.2, 0.25) is 0 Å². The van der Waals surface area contributed by atoms with Gasteiger partial charge in [-0.1, -0.05) is 21.1 Å². The standard InChI is InChI=1S/C16H20BrN3O/c1-10-6-13(7-11(2)15(10)17)16-19-14(21-20-16)8-12-4-3-5-18-9-12/h6-7,12,18H,3-5,8-9H2,1-2H3. The maximum atomic E-state index is 5.43. The van der Waals surface area contributed by atoms with Gasteiger partial charge in [0.1, 0.15) is 0 Å². The van der Waals surface area contributed by atoms with Gasteiger partial charge in [0.2, 0.25) is 11.7 Å². The molecule has 0 aliphatic carbocycles. The zero-order valence-corrected chi connectivity index (χ0v) is 14.0. The van der Waals surface area contributed by atoms with Crippen LogP contribution in [0.4, 0.5) is 0 Å². The van der Waals surface area contributed by atoms with Gasteiger partial charge in [-0.3, -0.25) is 0 Å². The fourth-order valence-corrected chi connectivity index (χ4v) is 3.10. The second-order valence-corrected chi connectivity index (χ2v) is 6.65. The van der Waals surface area contributed by atoms with Crippen molar-refractivity contribution in [2.45, 2.75) is 33.1 Å². The molecule has 1 atom stereocenters. The molecule has 2 heterocycles. The van der Waals surface area contributed by atoms with Crippen molar-refractivity contribution in [3.05, 3.63) is 33.6 Å². The van der Waals surface area contributed by atoms with E-state index >= 15 is 0 Å². The lowest BCUT2D eigenvalue weighted by atomic mass is 9.96. The Morgan fingerprint density at radius 3 is 2.76 bits per heavy atom. The molecule has 0 bridgehead atoms. The van der Waals surface area contributed by atoms with E-state index in [1.54, 1.807) is 0 Å². The molecule has 1 saturated heterocycles. The van der Waals surface area contributed by atoms with Gasteiger partial charge in [0.15, 0.2) is 0 Å². The summed E-state index contributed by atoms with van der Waals surface area (Å²) in [4.78, 5) is 4.57. The first-order valence-corrected chi connectivity index (χ1v) is 8.23. The Hall–Kier alpha value is -1.20. The molecule has 21 heavy (non-hydrogen) atoms. The number of piperidine rings is 1. The van der Waals surface area contributed by atoms with Crippen molar-refractivity contribution in [3.8, 4) is 11.4 Å². The maximum absolute atomic E-state index is 5.43. The Morgan fingerprint density at radius 2 is 2.10 bits per heavy atom. The Morgan fingerprint density at radius 1 is 1.33 bits per heavy atom. The second-order valence-electron chi connectivity index (χ2n) is 5.85. The third kappa shape index (κ3) is 3.35. The summed E-state index contributed by atoms with van der Waals surface area (Å²) in [5, 5.41) is 7.56. The summed E-state index contributed by atoms with van der Waals surface area (Å²) < 4.78 is 6.57. The summed E-state index contributed by atoms with van der Waals surface area (Å²) in [6, 6.07) is 4.18. The predicted molar refractivity (Wildman–Crippen MR) is 86.2 cm³/mol. The minimum absolute atomic E-state index is 0.612. The molecule has 1 fully saturated rings. The highest BCUT2D eigenvalue weighted by Gasteiger charge is 2.18. The van der Waals surface area contributed by atoms with Gasteiger partial charge in [-0.15, -0.1) is 0 Å². The molecule has 0 saturated carbocycles. The lowest BCUT2D eigenvalue weighted by Gasteiger charge is -2.20. The van der Waals surface area contributed by atoms with E-state index in [2.05, 4.69) is 57.4 Å². The lowest BCUT2D eigenvalue weighted by Crippen LogP contribution is -2.30. The molecule has 1 N–H and O–H groups in total. The van der Waals surface area contributed by atoms with Crippen molar-refractivity contribution in [2.75, 3.05) is 13.1 Å². The minimum atomic E-state index is 0.612. The molecule has 2 aromatic rings. The quantitative estimate of drug-likeness (QED) is 0.918. The molecule has 1 aromatic heterocycles. The van der Waals surface area contributed by atoms with Crippen molar-refractivity contribution >= 4 is 15.9 Å². The molecule has 1 aromatic carbocycles. The topological polar surface area (TPSA) is 51.0 Å². The van der Waals surface area contributed by atoms with Crippen molar-refractivity contribution in [1.29, 1.82) is 0 Å². The monoisotopic (exact) mass is 349 g/mol. The molecule has 1 aliphatic heterocycles. The lowest BCUT2D eigenvalue weighted by molar-refractivity contribution is 0.316. The van der Waals surface area contributed by atoms with Gasteiger partial charge in [0.05, 0.1) is 0 Å². The van der Waals surface area contributed by atoms with Crippen LogP contribution in [-0.2, 0) is 6.42 Å². The number of hydrogen-bond acceptors (Lipinski definition) is 4. The van der Waals surface area contributed by atoms with Crippen molar-refractivity contribution < 1.29 is 4.52 Å². The summed E-state index contributed by atoms with van der Waals surface area (Å²) >= 11 is 3.59. The second kappa shape index (κ2) is 6.28. The molecular weight excluding hydrogens is 330 g/mol. The van der Waals surface area contributed by atoms with Gasteiger partial charge in [-0.05, 0) is 69.0 Å². The normalized spacial score (nSPS) is 18.9. The van der Waals surface area contributed by atoms with Crippen LogP contribution in [0.15, 0.2) is 21.1 Å². The van der Waals surface area contributed by atoms with Crippen LogP contribution in [0.5, 0.6) is 0 Å². The average molecular weight is 350 g/mol. The fourth-order valence-electron chi connectivity index (χ4n) is 2.88. The first-order valence-electron chi connectivity index (χ1n) is 7.44. The number of rotatable bonds is 3. The third-order valence-corrected chi connectivity index (χ3v) is 5.28. The highest BCUT2D eigenvalue weighted by Crippen LogP contribution is 2.27. The number of benzene rings is 1. The molecule has 0 amide bonds. The van der Waals surface area contributed by atoms with Crippen molar-refractivity contribution in [3.63, 3.8) is 0 Å². The molecule has 0 spiro atoms. The summed E-state index contributed by atoms with van der Waals surface area (Å²) in [7, 11) is 0. The van der Waals surface area contributed by atoms with Crippen molar-refractivity contribution in [1.82, 2.24) is 15.5 Å². The Bertz CT molecular complexity index is 609. The molecular formula is C16H20BrN3O. The van der Waals surface area contributed by atoms with E-state index in [0.29, 0.717) is 11.7 Å². The number of hydrogen-bond donors (Lipinski definition) is 1. The Labute approximate surface area is 133 Å². The fraction of sp³-hybridized carbons (Fsp3) is 0.500. The minimum Gasteiger partial charge on any atom is -0.339 e. The first-order chi connectivity index (χ1) is 10.1. The molecule has 112 valence electrons. The molecule has 3 rings (SSSR count). The molecule has 5 heteroatoms. The number of aryl methyl sites for hydroxylation is 2. The van der Waals surface area contributed by atoms with Gasteiger partial charge >= 0.3 is 0 Å². The van der Waals surface area contributed by atoms with E-state index in [0.717, 1.165) is 35.4 Å². The number of halogens is 1. The molecule has 4 nitrogen and oxygen atoms in total. The van der Waals surface area contributed by atoms with Crippen LogP contribution < -0.4 is 5.32 Å². The SMILES string of the molecule is Cc1cc(-c2noc(CC3CCCNC3)n2)cc(C)c1Br. The van der Waals surface area contributed by atoms with Crippen LogP contribution in [0, 0.1) is 19.8 Å². The van der Waals surface area contributed by atoms with Gasteiger partial charge in [-0.2, -0.15) is 4.98 Å². The number of nitrogens with one attached hydrogen (secondary N) is 1. The highest BCUT2D eigenvalue weighted by molar-refractivity contribution is 9.10. The molecule has 1 unspecified atom stereocenters. The van der Waals surface area contributed by atoms with Crippen molar-refractivity contribution in [2.24, 2.45) is 5.92 Å². The maximum Gasteiger partial charge on any atom is 0.227 e. The van der Waals surface area contributed by atoms with Crippen LogP contribution in [0.25, 0.3) is 11.4 Å². The van der Waals surface area contributed by atoms with Gasteiger partial charge in [0, 0.05) is 16.5 Å². The van der Waals surface area contributed by atoms with Crippen LogP contribution in [0.3, 0.4) is 0 Å². The predicted octanol–water partition coefficient (Wildman–Crippen LogP) is 3.66. The number of aromatic nitrogens is 2. The summed E-state index contributed by atoms with van der Waals surface area (Å²) in [5.74, 6) is 2.05. The van der Waals surface area contributed by atoms with E-state index in [4.69, 9.17) is 4.52 Å². The summed E-state index contributed by atoms with van der Waals surface area (Å²) in [6.07, 6.45) is 3.34. The zero-order valence-electron chi connectivity index (χ0n) is 12.4. The largest absolute Gasteiger partial charge is 0.339 e. The Balaban J connectivity index is 1.78. The van der Waals surface area contributed by atoms with E-state index in [1.165, 1.54) is 24.0 Å². The Kier molecular flexibility index (Phi) is 4.40. The van der Waals surface area contributed by atoms with Gasteiger partial charge in [0.25, 0.3) is 0 Å². The summed E-state index contributed by atoms with van der Waals surface area (Å²) in [5.41, 5.74) is 3.39. The van der Waals surface area contributed by atoms with Crippen LogP contribution >= 0.6 is 15.9 Å². The van der Waals surface area contributed by atoms with Gasteiger partial charge in [-0.25, -0.2) is 0 Å². The van der Waals surface area contributed by atoms with Crippen LogP contribution in [-0.4, -0.2) is 23.2 Å². The average Bonchev–Trinajstić information content (AvgIpc) is 2.94. The van der Waals surface area contributed by atoms with E-state index in [1.807, 2.05) is 0 Å². The highest BCUT2D eigenvalue weighted by atomic mass is 79.9. The van der Waals surface area contributed by atoms with E-state index < -0.39 is 0 Å². The summed E-state index contributed by atoms with van der Waals surface area (Å²) in [6.45, 7) is 6.34. The third-order valence-electron chi connectivity index (χ3n) is 4.02. The zero-order chi connectivity index (χ0) is 14.8. The molecule has 1 aliphatic rings. The number of nitrogens with zero attached hydrogens (tertiary/aromatic N) is 2. The van der Waals surface area contributed by atoms with Crippen LogP contribution in [0.1, 0.15) is 29.9 Å². The van der Waals surface area contributed by atoms with E-state index in [-0.39, 0.29) is 0 Å².